The van der Waals surface area contributed by atoms with Gasteiger partial charge in [-0.05, 0) is 31.5 Å². The van der Waals surface area contributed by atoms with E-state index >= 15 is 0 Å². The van der Waals surface area contributed by atoms with Gasteiger partial charge in [0, 0.05) is 12.7 Å². The van der Waals surface area contributed by atoms with Crippen molar-refractivity contribution < 1.29 is 13.9 Å². The summed E-state index contributed by atoms with van der Waals surface area (Å²) >= 11 is 0. The molecule has 0 N–H and O–H groups in total. The first kappa shape index (κ1) is 10.9. The molecule has 0 amide bonds. The van der Waals surface area contributed by atoms with Crippen molar-refractivity contribution in [1.29, 1.82) is 0 Å². The standard InChI is InChI=1S/C11H13FO2/c1-7-4-5-9(12)6-10(7)11(13)8(2)14-3/h4-6,8H,1-3H3. The molecule has 1 rings (SSSR count). The van der Waals surface area contributed by atoms with Crippen LogP contribution < -0.4 is 0 Å². The second kappa shape index (κ2) is 4.33. The average molecular weight is 196 g/mol. The molecule has 0 aliphatic rings. The normalized spacial score (nSPS) is 12.6. The van der Waals surface area contributed by atoms with Gasteiger partial charge in [-0.25, -0.2) is 4.39 Å². The Morgan fingerprint density at radius 3 is 2.71 bits per heavy atom. The number of hydrogen-bond donors (Lipinski definition) is 0. The number of aryl methyl sites for hydroxylation is 1. The number of methoxy groups -OCH3 is 1. The van der Waals surface area contributed by atoms with E-state index in [2.05, 4.69) is 0 Å². The van der Waals surface area contributed by atoms with Gasteiger partial charge in [-0.1, -0.05) is 6.07 Å². The first-order valence-corrected chi connectivity index (χ1v) is 4.39. The summed E-state index contributed by atoms with van der Waals surface area (Å²) in [4.78, 5) is 11.7. The summed E-state index contributed by atoms with van der Waals surface area (Å²) in [5.74, 6) is -0.591. The lowest BCUT2D eigenvalue weighted by Gasteiger charge is -2.10. The molecule has 0 aromatic heterocycles. The Balaban J connectivity index is 3.06. The van der Waals surface area contributed by atoms with E-state index in [9.17, 15) is 9.18 Å². The minimum absolute atomic E-state index is 0.190. The highest BCUT2D eigenvalue weighted by molar-refractivity contribution is 6.00. The van der Waals surface area contributed by atoms with E-state index < -0.39 is 11.9 Å². The van der Waals surface area contributed by atoms with Gasteiger partial charge in [-0.15, -0.1) is 0 Å². The van der Waals surface area contributed by atoms with Crippen molar-refractivity contribution in [1.82, 2.24) is 0 Å². The van der Waals surface area contributed by atoms with Crippen LogP contribution in [0.5, 0.6) is 0 Å². The van der Waals surface area contributed by atoms with Crippen molar-refractivity contribution in [3.05, 3.63) is 35.1 Å². The summed E-state index contributed by atoms with van der Waals surface area (Å²) < 4.78 is 17.8. The van der Waals surface area contributed by atoms with Gasteiger partial charge in [0.15, 0.2) is 5.78 Å². The molecule has 0 aliphatic heterocycles. The largest absolute Gasteiger partial charge is 0.374 e. The molecule has 14 heavy (non-hydrogen) atoms. The molecule has 2 nitrogen and oxygen atoms in total. The molecule has 0 spiro atoms. The van der Waals surface area contributed by atoms with E-state index in [4.69, 9.17) is 4.74 Å². The number of ketones is 1. The maximum atomic E-state index is 12.9. The second-order valence-electron chi connectivity index (χ2n) is 3.20. The van der Waals surface area contributed by atoms with Crippen LogP contribution in [0, 0.1) is 12.7 Å². The Bertz CT molecular complexity index is 347. The number of ether oxygens (including phenoxy) is 1. The van der Waals surface area contributed by atoms with Crippen LogP contribution in [0.1, 0.15) is 22.8 Å². The highest BCUT2D eigenvalue weighted by Gasteiger charge is 2.16. The molecule has 0 saturated heterocycles. The summed E-state index contributed by atoms with van der Waals surface area (Å²) in [6.07, 6.45) is -0.532. The minimum atomic E-state index is -0.532. The van der Waals surface area contributed by atoms with Gasteiger partial charge in [-0.3, -0.25) is 4.79 Å². The van der Waals surface area contributed by atoms with Gasteiger partial charge in [-0.2, -0.15) is 0 Å². The Labute approximate surface area is 82.7 Å². The van der Waals surface area contributed by atoms with Gasteiger partial charge in [0.25, 0.3) is 0 Å². The van der Waals surface area contributed by atoms with Gasteiger partial charge >= 0.3 is 0 Å². The zero-order valence-corrected chi connectivity index (χ0v) is 8.50. The van der Waals surface area contributed by atoms with E-state index in [1.165, 1.54) is 19.2 Å². The van der Waals surface area contributed by atoms with Crippen LogP contribution in [-0.2, 0) is 4.74 Å². The molecule has 0 radical (unpaired) electrons. The van der Waals surface area contributed by atoms with Crippen LogP contribution >= 0.6 is 0 Å². The Kier molecular flexibility index (Phi) is 3.36. The number of carbonyl (C=O) groups excluding carboxylic acids is 1. The molecule has 1 unspecified atom stereocenters. The fraction of sp³-hybridized carbons (Fsp3) is 0.364. The zero-order valence-electron chi connectivity index (χ0n) is 8.50. The quantitative estimate of drug-likeness (QED) is 0.693. The third-order valence-electron chi connectivity index (χ3n) is 2.19. The summed E-state index contributed by atoms with van der Waals surface area (Å²) in [5.41, 5.74) is 1.15. The first-order chi connectivity index (χ1) is 6.56. The van der Waals surface area contributed by atoms with Crippen molar-refractivity contribution >= 4 is 5.78 Å². The summed E-state index contributed by atoms with van der Waals surface area (Å²) in [6.45, 7) is 3.42. The van der Waals surface area contributed by atoms with Crippen molar-refractivity contribution in [2.24, 2.45) is 0 Å². The van der Waals surface area contributed by atoms with Crippen molar-refractivity contribution in [3.8, 4) is 0 Å². The lowest BCUT2D eigenvalue weighted by atomic mass is 10.0. The van der Waals surface area contributed by atoms with Gasteiger partial charge < -0.3 is 4.74 Å². The van der Waals surface area contributed by atoms with Crippen LogP contribution in [0.3, 0.4) is 0 Å². The predicted molar refractivity (Wildman–Crippen MR) is 51.9 cm³/mol. The van der Waals surface area contributed by atoms with Crippen LogP contribution in [0.4, 0.5) is 4.39 Å². The molecule has 0 aliphatic carbocycles. The number of rotatable bonds is 3. The lowest BCUT2D eigenvalue weighted by molar-refractivity contribution is 0.0654. The van der Waals surface area contributed by atoms with E-state index in [1.54, 1.807) is 19.9 Å². The molecule has 1 aromatic rings. The molecule has 0 heterocycles. The monoisotopic (exact) mass is 196 g/mol. The van der Waals surface area contributed by atoms with Crippen LogP contribution in [0.2, 0.25) is 0 Å². The van der Waals surface area contributed by atoms with Crippen LogP contribution in [0.15, 0.2) is 18.2 Å². The average Bonchev–Trinajstić information content (AvgIpc) is 2.19. The summed E-state index contributed by atoms with van der Waals surface area (Å²) in [5, 5.41) is 0. The number of benzene rings is 1. The number of carbonyl (C=O) groups is 1. The van der Waals surface area contributed by atoms with Crippen LogP contribution in [-0.4, -0.2) is 19.0 Å². The molecule has 0 bridgehead atoms. The Hall–Kier alpha value is -1.22. The molecule has 76 valence electrons. The molecule has 0 fully saturated rings. The third-order valence-corrected chi connectivity index (χ3v) is 2.19. The van der Waals surface area contributed by atoms with Gasteiger partial charge in [0.2, 0.25) is 0 Å². The Morgan fingerprint density at radius 2 is 2.14 bits per heavy atom. The van der Waals surface area contributed by atoms with Crippen molar-refractivity contribution in [2.45, 2.75) is 20.0 Å². The topological polar surface area (TPSA) is 26.3 Å². The number of Topliss-reactive ketones (excluding diaryl/α,β-unsaturated/α-hetero) is 1. The van der Waals surface area contributed by atoms with Crippen LogP contribution in [0.25, 0.3) is 0 Å². The van der Waals surface area contributed by atoms with Gasteiger partial charge in [0.1, 0.15) is 11.9 Å². The second-order valence-corrected chi connectivity index (χ2v) is 3.20. The smallest absolute Gasteiger partial charge is 0.191 e. The SMILES string of the molecule is COC(C)C(=O)c1cc(F)ccc1C. The molecular formula is C11H13FO2. The number of hydrogen-bond acceptors (Lipinski definition) is 2. The van der Waals surface area contributed by atoms with E-state index in [0.29, 0.717) is 5.56 Å². The molecule has 1 atom stereocenters. The number of halogens is 1. The molecule has 1 aromatic carbocycles. The molecule has 0 saturated carbocycles. The molecular weight excluding hydrogens is 183 g/mol. The van der Waals surface area contributed by atoms with E-state index in [1.807, 2.05) is 0 Å². The van der Waals surface area contributed by atoms with E-state index in [-0.39, 0.29) is 5.78 Å². The van der Waals surface area contributed by atoms with Crippen molar-refractivity contribution in [2.75, 3.05) is 7.11 Å². The first-order valence-electron chi connectivity index (χ1n) is 4.39. The minimum Gasteiger partial charge on any atom is -0.374 e. The summed E-state index contributed by atoms with van der Waals surface area (Å²) in [7, 11) is 1.46. The van der Waals surface area contributed by atoms with E-state index in [0.717, 1.165) is 5.56 Å². The third kappa shape index (κ3) is 2.17. The fourth-order valence-electron chi connectivity index (χ4n) is 1.19. The predicted octanol–water partition coefficient (Wildman–Crippen LogP) is 2.35. The summed E-state index contributed by atoms with van der Waals surface area (Å²) in [6, 6.07) is 4.17. The highest BCUT2D eigenvalue weighted by Crippen LogP contribution is 2.13. The maximum absolute atomic E-state index is 12.9. The zero-order chi connectivity index (χ0) is 10.7. The Morgan fingerprint density at radius 1 is 1.50 bits per heavy atom. The van der Waals surface area contributed by atoms with Gasteiger partial charge in [0.05, 0.1) is 0 Å². The highest BCUT2D eigenvalue weighted by atomic mass is 19.1. The van der Waals surface area contributed by atoms with Crippen molar-refractivity contribution in [3.63, 3.8) is 0 Å². The maximum Gasteiger partial charge on any atom is 0.191 e. The fourth-order valence-corrected chi connectivity index (χ4v) is 1.19. The molecule has 3 heteroatoms. The lowest BCUT2D eigenvalue weighted by Crippen LogP contribution is -2.20.